The maximum absolute atomic E-state index is 5.06. The molecule has 3 heterocycles. The molecule has 0 aliphatic carbocycles. The fraction of sp³-hybridized carbons (Fsp3) is 0.200. The van der Waals surface area contributed by atoms with Crippen LogP contribution in [0.15, 0.2) is 18.3 Å². The minimum atomic E-state index is 0.597. The molecule has 17 heavy (non-hydrogen) atoms. The fourth-order valence-electron chi connectivity index (χ4n) is 1.67. The highest BCUT2D eigenvalue weighted by Crippen LogP contribution is 2.10. The lowest BCUT2D eigenvalue weighted by Crippen LogP contribution is -2.00. The lowest BCUT2D eigenvalue weighted by atomic mass is 10.4. The average molecular weight is 246 g/mol. The molecular formula is C10H10N6S. The quantitative estimate of drug-likeness (QED) is 0.669. The van der Waals surface area contributed by atoms with E-state index in [0.717, 1.165) is 22.8 Å². The fourth-order valence-corrected chi connectivity index (χ4v) is 1.82. The number of nitrogens with one attached hydrogen (secondary N) is 2. The molecule has 6 nitrogen and oxygen atoms in total. The molecule has 0 saturated carbocycles. The van der Waals surface area contributed by atoms with E-state index in [-0.39, 0.29) is 0 Å². The number of hydrogen-bond acceptors (Lipinski definition) is 4. The molecule has 0 radical (unpaired) electrons. The number of pyridine rings is 1. The molecule has 3 aromatic rings. The first-order valence-corrected chi connectivity index (χ1v) is 5.55. The predicted molar refractivity (Wildman–Crippen MR) is 65.1 cm³/mol. The molecule has 0 atom stereocenters. The van der Waals surface area contributed by atoms with Gasteiger partial charge in [0.05, 0.1) is 11.9 Å². The van der Waals surface area contributed by atoms with Crippen LogP contribution in [0.3, 0.4) is 0 Å². The Morgan fingerprint density at radius 3 is 3.06 bits per heavy atom. The minimum Gasteiger partial charge on any atom is -0.340 e. The van der Waals surface area contributed by atoms with Gasteiger partial charge >= 0.3 is 0 Å². The Labute approximate surface area is 102 Å². The summed E-state index contributed by atoms with van der Waals surface area (Å²) < 4.78 is 2.44. The molecule has 0 amide bonds. The highest BCUT2D eigenvalue weighted by molar-refractivity contribution is 7.71. The molecule has 7 heteroatoms. The van der Waals surface area contributed by atoms with Gasteiger partial charge in [-0.15, -0.1) is 0 Å². The van der Waals surface area contributed by atoms with E-state index in [9.17, 15) is 0 Å². The van der Waals surface area contributed by atoms with Crippen LogP contribution in [-0.2, 0) is 13.5 Å². The van der Waals surface area contributed by atoms with Crippen molar-refractivity contribution in [3.8, 4) is 0 Å². The van der Waals surface area contributed by atoms with Crippen LogP contribution in [0, 0.1) is 4.77 Å². The first-order chi connectivity index (χ1) is 8.24. The van der Waals surface area contributed by atoms with Gasteiger partial charge in [0, 0.05) is 13.2 Å². The molecule has 0 bridgehead atoms. The summed E-state index contributed by atoms with van der Waals surface area (Å²) in [5.41, 5.74) is 1.65. The van der Waals surface area contributed by atoms with Crippen LogP contribution in [0.4, 0.5) is 0 Å². The third-order valence-corrected chi connectivity index (χ3v) is 2.97. The van der Waals surface area contributed by atoms with Gasteiger partial charge in [-0.3, -0.25) is 5.10 Å². The molecule has 3 rings (SSSR count). The summed E-state index contributed by atoms with van der Waals surface area (Å²) in [4.78, 5) is 11.8. The number of nitrogens with zero attached hydrogens (tertiary/aromatic N) is 4. The van der Waals surface area contributed by atoms with E-state index >= 15 is 0 Å². The maximum atomic E-state index is 5.06. The molecule has 0 saturated heterocycles. The van der Waals surface area contributed by atoms with E-state index in [1.807, 2.05) is 23.7 Å². The standard InChI is InChI=1S/C10H10N6S/c1-16-8(14-15-10(16)17)5-7-12-6-3-2-4-11-9(6)13-7/h2-4H,5H2,1H3,(H,15,17)(H,11,12,13). The molecule has 0 unspecified atom stereocenters. The smallest absolute Gasteiger partial charge is 0.194 e. The lowest BCUT2D eigenvalue weighted by molar-refractivity contribution is 0.796. The Kier molecular flexibility index (Phi) is 2.25. The summed E-state index contributed by atoms with van der Waals surface area (Å²) in [6.45, 7) is 0. The normalized spacial score (nSPS) is 11.1. The number of hydrogen-bond donors (Lipinski definition) is 2. The third-order valence-electron chi connectivity index (χ3n) is 2.60. The van der Waals surface area contributed by atoms with Crippen LogP contribution in [0.25, 0.3) is 11.2 Å². The number of imidazole rings is 1. The number of fused-ring (bicyclic) bond motifs is 1. The molecule has 0 aliphatic heterocycles. The van der Waals surface area contributed by atoms with Crippen LogP contribution in [0.1, 0.15) is 11.6 Å². The summed E-state index contributed by atoms with van der Waals surface area (Å²) in [6, 6.07) is 3.82. The second-order valence-corrected chi connectivity index (χ2v) is 4.13. The van der Waals surface area contributed by atoms with Crippen molar-refractivity contribution in [3.05, 3.63) is 34.7 Å². The number of rotatable bonds is 2. The van der Waals surface area contributed by atoms with Crippen molar-refractivity contribution >= 4 is 23.4 Å². The Hall–Kier alpha value is -2.02. The zero-order valence-corrected chi connectivity index (χ0v) is 9.95. The summed E-state index contributed by atoms with van der Waals surface area (Å²) in [7, 11) is 1.88. The molecule has 0 aliphatic rings. The Bertz CT molecular complexity index is 689. The lowest BCUT2D eigenvalue weighted by Gasteiger charge is -1.96. The number of aromatic amines is 2. The van der Waals surface area contributed by atoms with Gasteiger partial charge in [0.2, 0.25) is 0 Å². The van der Waals surface area contributed by atoms with Gasteiger partial charge in [-0.25, -0.2) is 9.97 Å². The largest absolute Gasteiger partial charge is 0.340 e. The number of H-pyrrole nitrogens is 2. The average Bonchev–Trinajstić information content (AvgIpc) is 2.87. The molecular weight excluding hydrogens is 236 g/mol. The second kappa shape index (κ2) is 3.77. The zero-order valence-electron chi connectivity index (χ0n) is 9.14. The van der Waals surface area contributed by atoms with Crippen molar-refractivity contribution < 1.29 is 0 Å². The molecule has 0 fully saturated rings. The monoisotopic (exact) mass is 246 g/mol. The highest BCUT2D eigenvalue weighted by Gasteiger charge is 2.08. The first kappa shape index (κ1) is 10.2. The third kappa shape index (κ3) is 1.74. The highest BCUT2D eigenvalue weighted by atomic mass is 32.1. The summed E-state index contributed by atoms with van der Waals surface area (Å²) in [5.74, 6) is 1.67. The van der Waals surface area contributed by atoms with Gasteiger partial charge in [0.15, 0.2) is 10.4 Å². The van der Waals surface area contributed by atoms with Crippen molar-refractivity contribution in [1.29, 1.82) is 0 Å². The Morgan fingerprint density at radius 2 is 2.35 bits per heavy atom. The first-order valence-electron chi connectivity index (χ1n) is 5.14. The zero-order chi connectivity index (χ0) is 11.8. The molecule has 0 spiro atoms. The summed E-state index contributed by atoms with van der Waals surface area (Å²) >= 11 is 5.06. The molecule has 3 aromatic heterocycles. The molecule has 86 valence electrons. The van der Waals surface area contributed by atoms with E-state index in [2.05, 4.69) is 25.1 Å². The van der Waals surface area contributed by atoms with E-state index in [1.165, 1.54) is 0 Å². The van der Waals surface area contributed by atoms with E-state index < -0.39 is 0 Å². The van der Waals surface area contributed by atoms with Gasteiger partial charge in [0.25, 0.3) is 0 Å². The summed E-state index contributed by atoms with van der Waals surface area (Å²) in [5, 5.41) is 6.90. The van der Waals surface area contributed by atoms with Gasteiger partial charge in [-0.05, 0) is 24.4 Å². The topological polar surface area (TPSA) is 75.2 Å². The van der Waals surface area contributed by atoms with Gasteiger partial charge in [-0.2, -0.15) is 5.10 Å². The Balaban J connectivity index is 2.00. The van der Waals surface area contributed by atoms with Crippen LogP contribution >= 0.6 is 12.2 Å². The van der Waals surface area contributed by atoms with Crippen molar-refractivity contribution in [2.24, 2.45) is 7.05 Å². The van der Waals surface area contributed by atoms with Gasteiger partial charge in [0.1, 0.15) is 11.6 Å². The SMILES string of the molecule is Cn1c(Cc2nc3ncccc3[nH]2)n[nH]c1=S. The molecule has 0 aromatic carbocycles. The van der Waals surface area contributed by atoms with Crippen molar-refractivity contribution in [2.75, 3.05) is 0 Å². The molecule has 2 N–H and O–H groups in total. The van der Waals surface area contributed by atoms with Crippen LogP contribution < -0.4 is 0 Å². The van der Waals surface area contributed by atoms with Crippen molar-refractivity contribution in [1.82, 2.24) is 29.7 Å². The predicted octanol–water partition coefficient (Wildman–Crippen LogP) is 1.34. The van der Waals surface area contributed by atoms with Gasteiger partial charge < -0.3 is 9.55 Å². The number of aromatic nitrogens is 6. The Morgan fingerprint density at radius 1 is 1.47 bits per heavy atom. The van der Waals surface area contributed by atoms with Crippen molar-refractivity contribution in [3.63, 3.8) is 0 Å². The second-order valence-electron chi connectivity index (χ2n) is 3.74. The van der Waals surface area contributed by atoms with E-state index in [0.29, 0.717) is 11.2 Å². The van der Waals surface area contributed by atoms with Crippen LogP contribution in [-0.4, -0.2) is 29.7 Å². The maximum Gasteiger partial charge on any atom is 0.194 e. The van der Waals surface area contributed by atoms with Crippen LogP contribution in [0.5, 0.6) is 0 Å². The van der Waals surface area contributed by atoms with E-state index in [1.54, 1.807) is 6.20 Å². The van der Waals surface area contributed by atoms with E-state index in [4.69, 9.17) is 12.2 Å². The minimum absolute atomic E-state index is 0.597. The van der Waals surface area contributed by atoms with Crippen LogP contribution in [0.2, 0.25) is 0 Å². The van der Waals surface area contributed by atoms with Gasteiger partial charge in [-0.1, -0.05) is 0 Å². The van der Waals surface area contributed by atoms with Crippen molar-refractivity contribution in [2.45, 2.75) is 6.42 Å². The summed E-state index contributed by atoms with van der Waals surface area (Å²) in [6.07, 6.45) is 2.32.